The van der Waals surface area contributed by atoms with Crippen LogP contribution in [0.2, 0.25) is 0 Å². The van der Waals surface area contributed by atoms with Crippen LogP contribution in [-0.4, -0.2) is 33.7 Å². The lowest BCUT2D eigenvalue weighted by molar-refractivity contribution is -0.543. The monoisotopic (exact) mass is 336 g/mol. The Bertz CT molecular complexity index is 620. The molecule has 0 bridgehead atoms. The van der Waals surface area contributed by atoms with Crippen LogP contribution in [0.25, 0.3) is 0 Å². The molecule has 1 aromatic rings. The van der Waals surface area contributed by atoms with E-state index < -0.39 is 34.4 Å². The van der Waals surface area contributed by atoms with Crippen molar-refractivity contribution in [3.8, 4) is 0 Å². The Morgan fingerprint density at radius 2 is 1.96 bits per heavy atom. The number of rotatable bonds is 6. The zero-order chi connectivity index (χ0) is 17.7. The number of hydrogen-bond acceptors (Lipinski definition) is 4. The van der Waals surface area contributed by atoms with E-state index in [1.165, 1.54) is 0 Å². The first kappa shape index (κ1) is 17.7. The lowest BCUT2D eigenvalue weighted by Gasteiger charge is -2.41. The van der Waals surface area contributed by atoms with Crippen molar-refractivity contribution in [2.24, 2.45) is 11.3 Å². The molecule has 0 saturated heterocycles. The highest BCUT2D eigenvalue weighted by Crippen LogP contribution is 2.48. The van der Waals surface area contributed by atoms with E-state index in [0.717, 1.165) is 0 Å². The molecule has 1 saturated carbocycles. The fourth-order valence-corrected chi connectivity index (χ4v) is 3.67. The summed E-state index contributed by atoms with van der Waals surface area (Å²) in [5.41, 5.74) is -1.04. The van der Waals surface area contributed by atoms with Gasteiger partial charge < -0.3 is 15.5 Å². The third-order valence-electron chi connectivity index (χ3n) is 4.83. The Morgan fingerprint density at radius 3 is 2.50 bits per heavy atom. The number of benzene rings is 1. The minimum absolute atomic E-state index is 0.213. The van der Waals surface area contributed by atoms with Gasteiger partial charge in [-0.25, -0.2) is 4.79 Å². The lowest BCUT2D eigenvalue weighted by Crippen LogP contribution is -2.52. The molecule has 1 aromatic carbocycles. The van der Waals surface area contributed by atoms with Gasteiger partial charge >= 0.3 is 12.1 Å². The number of nitrogens with zero attached hydrogens (tertiary/aromatic N) is 1. The third-order valence-corrected chi connectivity index (χ3v) is 4.83. The van der Waals surface area contributed by atoms with Crippen molar-refractivity contribution in [3.63, 3.8) is 0 Å². The largest absolute Gasteiger partial charge is 0.481 e. The minimum Gasteiger partial charge on any atom is -0.481 e. The van der Waals surface area contributed by atoms with Crippen molar-refractivity contribution < 1.29 is 24.7 Å². The maximum absolute atomic E-state index is 12.0. The fourth-order valence-electron chi connectivity index (χ4n) is 3.67. The average Bonchev–Trinajstić information content (AvgIpc) is 2.54. The summed E-state index contributed by atoms with van der Waals surface area (Å²) in [6, 6.07) is 7.12. The van der Waals surface area contributed by atoms with Gasteiger partial charge in [0.1, 0.15) is 0 Å². The number of carboxylic acids is 1. The van der Waals surface area contributed by atoms with Crippen molar-refractivity contribution in [1.82, 2.24) is 5.32 Å². The molecule has 0 aromatic heterocycles. The molecule has 3 N–H and O–H groups in total. The summed E-state index contributed by atoms with van der Waals surface area (Å²) in [5.74, 6) is -1.98. The summed E-state index contributed by atoms with van der Waals surface area (Å²) in [5, 5.41) is 32.5. The number of hydrogen-bond donors (Lipinski definition) is 3. The van der Waals surface area contributed by atoms with Crippen LogP contribution >= 0.6 is 0 Å². The number of carbonyl (C=O) groups is 2. The minimum atomic E-state index is -1.48. The highest BCUT2D eigenvalue weighted by molar-refractivity contribution is 5.77. The van der Waals surface area contributed by atoms with E-state index in [1.54, 1.807) is 30.3 Å². The normalized spacial score (nSPS) is 24.8. The van der Waals surface area contributed by atoms with E-state index in [1.807, 2.05) is 0 Å². The Balaban J connectivity index is 2.45. The average molecular weight is 336 g/mol. The molecule has 0 radical (unpaired) electrons. The van der Waals surface area contributed by atoms with Gasteiger partial charge in [0.2, 0.25) is 6.04 Å². The van der Waals surface area contributed by atoms with E-state index in [2.05, 4.69) is 5.32 Å². The van der Waals surface area contributed by atoms with E-state index >= 15 is 0 Å². The van der Waals surface area contributed by atoms with Crippen LogP contribution in [0.4, 0.5) is 4.79 Å². The van der Waals surface area contributed by atoms with E-state index in [-0.39, 0.29) is 13.0 Å². The Kier molecular flexibility index (Phi) is 5.38. The molecule has 0 aliphatic heterocycles. The zero-order valence-corrected chi connectivity index (χ0v) is 13.1. The first-order valence-corrected chi connectivity index (χ1v) is 7.77. The van der Waals surface area contributed by atoms with E-state index in [4.69, 9.17) is 5.11 Å². The molecular weight excluding hydrogens is 316 g/mol. The van der Waals surface area contributed by atoms with Gasteiger partial charge in [0.25, 0.3) is 0 Å². The van der Waals surface area contributed by atoms with Crippen molar-refractivity contribution in [2.45, 2.75) is 31.7 Å². The topological polar surface area (TPSA) is 130 Å². The van der Waals surface area contributed by atoms with Crippen LogP contribution in [0.3, 0.4) is 0 Å². The van der Waals surface area contributed by atoms with Gasteiger partial charge in [-0.3, -0.25) is 14.9 Å². The Morgan fingerprint density at radius 1 is 1.29 bits per heavy atom. The van der Waals surface area contributed by atoms with Gasteiger partial charge in [-0.2, -0.15) is 0 Å². The van der Waals surface area contributed by atoms with Crippen molar-refractivity contribution >= 4 is 12.1 Å². The Labute approximate surface area is 138 Å². The number of aliphatic carboxylic acids is 1. The SMILES string of the molecule is O=C(O)NC[C@@]1(C(=O)O)CCCC[C@H]1C(c1ccccc1)[N+](=O)[O-]. The number of nitrogens with one attached hydrogen (secondary N) is 1. The van der Waals surface area contributed by atoms with Gasteiger partial charge in [0.15, 0.2) is 0 Å². The van der Waals surface area contributed by atoms with Crippen molar-refractivity contribution in [1.29, 1.82) is 0 Å². The summed E-state index contributed by atoms with van der Waals surface area (Å²) in [6.45, 7) is -0.334. The second-order valence-electron chi connectivity index (χ2n) is 6.11. The highest BCUT2D eigenvalue weighted by atomic mass is 16.6. The molecule has 130 valence electrons. The predicted molar refractivity (Wildman–Crippen MR) is 84.2 cm³/mol. The number of carboxylic acid groups (broad SMARTS) is 2. The molecule has 2 rings (SSSR count). The first-order valence-electron chi connectivity index (χ1n) is 7.77. The molecule has 24 heavy (non-hydrogen) atoms. The Hall–Kier alpha value is -2.64. The molecule has 1 unspecified atom stereocenters. The van der Waals surface area contributed by atoms with Crippen LogP contribution in [0, 0.1) is 21.4 Å². The maximum atomic E-state index is 12.0. The van der Waals surface area contributed by atoms with Crippen LogP contribution < -0.4 is 5.32 Å². The van der Waals surface area contributed by atoms with Gasteiger partial charge in [-0.05, 0) is 12.8 Å². The molecule has 1 aliphatic carbocycles. The second-order valence-corrected chi connectivity index (χ2v) is 6.11. The number of nitro groups is 1. The maximum Gasteiger partial charge on any atom is 0.404 e. The van der Waals surface area contributed by atoms with Gasteiger partial charge in [0.05, 0.1) is 5.41 Å². The van der Waals surface area contributed by atoms with Gasteiger partial charge in [0, 0.05) is 22.9 Å². The standard InChI is InChI=1S/C16H20N2O6/c19-14(20)16(10-17-15(21)22)9-5-4-8-12(16)13(18(23)24)11-6-2-1-3-7-11/h1-3,6-7,12-13,17H,4-5,8-10H2,(H,19,20)(H,21,22)/t12-,13?,16-/m0/s1. The van der Waals surface area contributed by atoms with Crippen LogP contribution in [0.5, 0.6) is 0 Å². The van der Waals surface area contributed by atoms with Crippen molar-refractivity contribution in [3.05, 3.63) is 46.0 Å². The van der Waals surface area contributed by atoms with E-state index in [9.17, 15) is 24.8 Å². The van der Waals surface area contributed by atoms with Gasteiger partial charge in [-0.15, -0.1) is 0 Å². The summed E-state index contributed by atoms with van der Waals surface area (Å²) in [6.07, 6.45) is 0.531. The highest BCUT2D eigenvalue weighted by Gasteiger charge is 2.54. The molecular formula is C16H20N2O6. The molecule has 1 aliphatic rings. The lowest BCUT2D eigenvalue weighted by atomic mass is 9.62. The smallest absolute Gasteiger partial charge is 0.404 e. The molecule has 0 heterocycles. The van der Waals surface area contributed by atoms with Crippen LogP contribution in [-0.2, 0) is 4.79 Å². The molecule has 8 heteroatoms. The van der Waals surface area contributed by atoms with Crippen LogP contribution in [0.15, 0.2) is 30.3 Å². The molecule has 8 nitrogen and oxygen atoms in total. The summed E-state index contributed by atoms with van der Waals surface area (Å²) >= 11 is 0. The molecule has 1 amide bonds. The predicted octanol–water partition coefficient (Wildman–Crippen LogP) is 2.53. The molecule has 1 fully saturated rings. The quantitative estimate of drug-likeness (QED) is 0.540. The summed E-state index contributed by atoms with van der Waals surface area (Å²) < 4.78 is 0. The molecule has 3 atom stereocenters. The zero-order valence-electron chi connectivity index (χ0n) is 13.1. The summed E-state index contributed by atoms with van der Waals surface area (Å²) in [7, 11) is 0. The number of amides is 1. The third kappa shape index (κ3) is 3.47. The summed E-state index contributed by atoms with van der Waals surface area (Å²) in [4.78, 5) is 34.1. The van der Waals surface area contributed by atoms with Gasteiger partial charge in [-0.1, -0.05) is 43.2 Å². The molecule has 0 spiro atoms. The fraction of sp³-hybridized carbons (Fsp3) is 0.500. The second kappa shape index (κ2) is 7.29. The van der Waals surface area contributed by atoms with Crippen LogP contribution in [0.1, 0.15) is 37.3 Å². The van der Waals surface area contributed by atoms with E-state index in [0.29, 0.717) is 24.8 Å². The van der Waals surface area contributed by atoms with Crippen molar-refractivity contribution in [2.75, 3.05) is 6.54 Å². The first-order chi connectivity index (χ1) is 11.4.